The van der Waals surface area contributed by atoms with E-state index in [1.807, 2.05) is 24.3 Å². The van der Waals surface area contributed by atoms with Crippen molar-refractivity contribution >= 4 is 0 Å². The number of hydrogen-bond donors (Lipinski definition) is 1. The molecule has 0 unspecified atom stereocenters. The van der Waals surface area contributed by atoms with Crippen molar-refractivity contribution in [2.45, 2.75) is 26.3 Å². The summed E-state index contributed by atoms with van der Waals surface area (Å²) in [6.45, 7) is 5.91. The molecule has 0 amide bonds. The minimum Gasteiger partial charge on any atom is -0.497 e. The number of rotatable bonds is 7. The summed E-state index contributed by atoms with van der Waals surface area (Å²) in [6, 6.07) is 8.19. The van der Waals surface area contributed by atoms with Crippen LogP contribution in [0.1, 0.15) is 20.3 Å². The molecule has 0 heterocycles. The molecule has 1 atom stereocenters. The van der Waals surface area contributed by atoms with Gasteiger partial charge in [-0.3, -0.25) is 0 Å². The first kappa shape index (κ1) is 12.8. The SMILES string of the molecule is CC[C@H](C)NCCOc1ccc(OC)cc1. The van der Waals surface area contributed by atoms with Crippen LogP contribution in [0.4, 0.5) is 0 Å². The molecular formula is C13H21NO2. The van der Waals surface area contributed by atoms with Crippen molar-refractivity contribution in [1.82, 2.24) is 5.32 Å². The van der Waals surface area contributed by atoms with Gasteiger partial charge in [0.05, 0.1) is 7.11 Å². The lowest BCUT2D eigenvalue weighted by molar-refractivity contribution is 0.305. The van der Waals surface area contributed by atoms with E-state index >= 15 is 0 Å². The summed E-state index contributed by atoms with van der Waals surface area (Å²) >= 11 is 0. The van der Waals surface area contributed by atoms with Crippen molar-refractivity contribution < 1.29 is 9.47 Å². The second-order valence-corrected chi connectivity index (χ2v) is 3.79. The van der Waals surface area contributed by atoms with E-state index in [0.29, 0.717) is 12.6 Å². The van der Waals surface area contributed by atoms with Crippen molar-refractivity contribution in [1.29, 1.82) is 0 Å². The average molecular weight is 223 g/mol. The van der Waals surface area contributed by atoms with E-state index in [2.05, 4.69) is 19.2 Å². The van der Waals surface area contributed by atoms with Crippen LogP contribution >= 0.6 is 0 Å². The Morgan fingerprint density at radius 1 is 1.19 bits per heavy atom. The maximum Gasteiger partial charge on any atom is 0.119 e. The standard InChI is InChI=1S/C13H21NO2/c1-4-11(2)14-9-10-16-13-7-5-12(15-3)6-8-13/h5-8,11,14H,4,9-10H2,1-3H3/t11-/m0/s1. The van der Waals surface area contributed by atoms with Crippen LogP contribution in [-0.4, -0.2) is 26.3 Å². The van der Waals surface area contributed by atoms with Crippen LogP contribution in [0.25, 0.3) is 0 Å². The predicted molar refractivity (Wildman–Crippen MR) is 66.2 cm³/mol. The molecule has 0 fully saturated rings. The summed E-state index contributed by atoms with van der Waals surface area (Å²) in [5.41, 5.74) is 0. The van der Waals surface area contributed by atoms with E-state index in [4.69, 9.17) is 9.47 Å². The van der Waals surface area contributed by atoms with E-state index in [1.165, 1.54) is 0 Å². The fraction of sp³-hybridized carbons (Fsp3) is 0.538. The van der Waals surface area contributed by atoms with E-state index in [-0.39, 0.29) is 0 Å². The van der Waals surface area contributed by atoms with Gasteiger partial charge in [0.1, 0.15) is 18.1 Å². The van der Waals surface area contributed by atoms with Crippen LogP contribution in [0.2, 0.25) is 0 Å². The van der Waals surface area contributed by atoms with Gasteiger partial charge in [-0.1, -0.05) is 6.92 Å². The highest BCUT2D eigenvalue weighted by Crippen LogP contribution is 2.16. The molecule has 0 spiro atoms. The van der Waals surface area contributed by atoms with E-state index in [0.717, 1.165) is 24.5 Å². The van der Waals surface area contributed by atoms with Gasteiger partial charge >= 0.3 is 0 Å². The van der Waals surface area contributed by atoms with Crippen LogP contribution in [0, 0.1) is 0 Å². The highest BCUT2D eigenvalue weighted by Gasteiger charge is 1.97. The Morgan fingerprint density at radius 3 is 2.38 bits per heavy atom. The highest BCUT2D eigenvalue weighted by molar-refractivity contribution is 5.31. The molecule has 1 N–H and O–H groups in total. The molecular weight excluding hydrogens is 202 g/mol. The van der Waals surface area contributed by atoms with Crippen molar-refractivity contribution in [3.05, 3.63) is 24.3 Å². The van der Waals surface area contributed by atoms with Crippen molar-refractivity contribution in [3.8, 4) is 11.5 Å². The van der Waals surface area contributed by atoms with E-state index in [9.17, 15) is 0 Å². The number of benzene rings is 1. The van der Waals surface area contributed by atoms with Crippen LogP contribution in [-0.2, 0) is 0 Å². The molecule has 0 bridgehead atoms. The third-order valence-corrected chi connectivity index (χ3v) is 2.54. The Hall–Kier alpha value is -1.22. The van der Waals surface area contributed by atoms with Crippen molar-refractivity contribution in [2.75, 3.05) is 20.3 Å². The minimum absolute atomic E-state index is 0.555. The Bertz CT molecular complexity index is 284. The first-order chi connectivity index (χ1) is 7.76. The summed E-state index contributed by atoms with van der Waals surface area (Å²) in [7, 11) is 1.66. The Labute approximate surface area is 97.8 Å². The number of nitrogens with one attached hydrogen (secondary N) is 1. The van der Waals surface area contributed by atoms with Crippen LogP contribution in [0.3, 0.4) is 0 Å². The molecule has 0 aliphatic heterocycles. The topological polar surface area (TPSA) is 30.5 Å². The average Bonchev–Trinajstić information content (AvgIpc) is 2.35. The maximum atomic E-state index is 5.58. The summed E-state index contributed by atoms with van der Waals surface area (Å²) < 4.78 is 10.7. The van der Waals surface area contributed by atoms with Gasteiger partial charge in [-0.05, 0) is 37.6 Å². The molecule has 0 aliphatic carbocycles. The van der Waals surface area contributed by atoms with Gasteiger partial charge in [-0.15, -0.1) is 0 Å². The first-order valence-electron chi connectivity index (χ1n) is 5.76. The van der Waals surface area contributed by atoms with E-state index < -0.39 is 0 Å². The van der Waals surface area contributed by atoms with Crippen molar-refractivity contribution in [3.63, 3.8) is 0 Å². The zero-order valence-electron chi connectivity index (χ0n) is 10.3. The number of methoxy groups -OCH3 is 1. The molecule has 0 aromatic heterocycles. The molecule has 3 nitrogen and oxygen atoms in total. The van der Waals surface area contributed by atoms with Crippen LogP contribution in [0.15, 0.2) is 24.3 Å². The molecule has 3 heteroatoms. The zero-order chi connectivity index (χ0) is 11.8. The third kappa shape index (κ3) is 4.53. The molecule has 90 valence electrons. The Kier molecular flexibility index (Phi) is 5.72. The summed E-state index contributed by atoms with van der Waals surface area (Å²) in [4.78, 5) is 0. The zero-order valence-corrected chi connectivity index (χ0v) is 10.3. The molecule has 0 saturated carbocycles. The molecule has 1 aromatic rings. The maximum absolute atomic E-state index is 5.58. The van der Waals surface area contributed by atoms with E-state index in [1.54, 1.807) is 7.11 Å². The lowest BCUT2D eigenvalue weighted by Crippen LogP contribution is -2.29. The third-order valence-electron chi connectivity index (χ3n) is 2.54. The second-order valence-electron chi connectivity index (χ2n) is 3.79. The monoisotopic (exact) mass is 223 g/mol. The lowest BCUT2D eigenvalue weighted by Gasteiger charge is -2.12. The molecule has 1 aromatic carbocycles. The fourth-order valence-electron chi connectivity index (χ4n) is 1.29. The smallest absolute Gasteiger partial charge is 0.119 e. The normalized spacial score (nSPS) is 12.2. The lowest BCUT2D eigenvalue weighted by atomic mass is 10.3. The highest BCUT2D eigenvalue weighted by atomic mass is 16.5. The number of hydrogen-bond acceptors (Lipinski definition) is 3. The van der Waals surface area contributed by atoms with Gasteiger partial charge in [0.15, 0.2) is 0 Å². The van der Waals surface area contributed by atoms with Gasteiger partial charge in [0.25, 0.3) is 0 Å². The van der Waals surface area contributed by atoms with Crippen LogP contribution in [0.5, 0.6) is 11.5 Å². The van der Waals surface area contributed by atoms with Gasteiger partial charge < -0.3 is 14.8 Å². The first-order valence-corrected chi connectivity index (χ1v) is 5.76. The van der Waals surface area contributed by atoms with Gasteiger partial charge in [0, 0.05) is 12.6 Å². The Morgan fingerprint density at radius 2 is 1.81 bits per heavy atom. The quantitative estimate of drug-likeness (QED) is 0.720. The summed E-state index contributed by atoms with van der Waals surface area (Å²) in [6.07, 6.45) is 1.14. The molecule has 1 rings (SSSR count). The largest absolute Gasteiger partial charge is 0.497 e. The molecule has 0 radical (unpaired) electrons. The molecule has 16 heavy (non-hydrogen) atoms. The summed E-state index contributed by atoms with van der Waals surface area (Å²) in [5, 5.41) is 3.38. The van der Waals surface area contributed by atoms with Crippen LogP contribution < -0.4 is 14.8 Å². The van der Waals surface area contributed by atoms with Gasteiger partial charge in [-0.25, -0.2) is 0 Å². The van der Waals surface area contributed by atoms with Gasteiger partial charge in [0.2, 0.25) is 0 Å². The van der Waals surface area contributed by atoms with Crippen molar-refractivity contribution in [2.24, 2.45) is 0 Å². The summed E-state index contributed by atoms with van der Waals surface area (Å²) in [5.74, 6) is 1.73. The minimum atomic E-state index is 0.555. The molecule has 0 aliphatic rings. The Balaban J connectivity index is 2.21. The second kappa shape index (κ2) is 7.12. The fourth-order valence-corrected chi connectivity index (χ4v) is 1.29. The predicted octanol–water partition coefficient (Wildman–Crippen LogP) is 2.46. The number of ether oxygens (including phenoxy) is 2. The van der Waals surface area contributed by atoms with Gasteiger partial charge in [-0.2, -0.15) is 0 Å². The molecule has 0 saturated heterocycles.